The fraction of sp³-hybridized carbons (Fsp3) is 0.429. The number of benzene rings is 1. The van der Waals surface area contributed by atoms with E-state index in [-0.39, 0.29) is 17.5 Å². The second-order valence-corrected chi connectivity index (χ2v) is 8.83. The van der Waals surface area contributed by atoms with Crippen molar-refractivity contribution in [3.8, 4) is 0 Å². The van der Waals surface area contributed by atoms with Crippen LogP contribution in [0.3, 0.4) is 0 Å². The van der Waals surface area contributed by atoms with E-state index in [1.54, 1.807) is 15.4 Å². The smallest absolute Gasteiger partial charge is 0.275 e. The number of amides is 1. The molecule has 0 bridgehead atoms. The number of hydrogen-bond acceptors (Lipinski definition) is 5. The van der Waals surface area contributed by atoms with Gasteiger partial charge in [0.05, 0.1) is 23.8 Å². The van der Waals surface area contributed by atoms with Gasteiger partial charge in [-0.3, -0.25) is 14.3 Å². The molecule has 1 saturated heterocycles. The summed E-state index contributed by atoms with van der Waals surface area (Å²) in [6.07, 6.45) is 2.70. The molecule has 0 N–H and O–H groups in total. The predicted molar refractivity (Wildman–Crippen MR) is 113 cm³/mol. The zero-order valence-corrected chi connectivity index (χ0v) is 17.2. The van der Waals surface area contributed by atoms with Crippen molar-refractivity contribution in [1.29, 1.82) is 0 Å². The average molecular weight is 410 g/mol. The van der Waals surface area contributed by atoms with Crippen molar-refractivity contribution in [3.05, 3.63) is 57.6 Å². The van der Waals surface area contributed by atoms with Gasteiger partial charge in [-0.2, -0.15) is 22.0 Å². The molecule has 1 unspecified atom stereocenters. The maximum Gasteiger partial charge on any atom is 0.275 e. The minimum Gasteiger partial charge on any atom is -0.332 e. The lowest BCUT2D eigenvalue weighted by atomic mass is 10.1. The molecule has 1 atom stereocenters. The Labute approximate surface area is 172 Å². The average Bonchev–Trinajstić information content (AvgIpc) is 3.33. The molecule has 150 valence electrons. The summed E-state index contributed by atoms with van der Waals surface area (Å²) in [7, 11) is 1.86. The largest absolute Gasteiger partial charge is 0.332 e. The van der Waals surface area contributed by atoms with E-state index in [0.29, 0.717) is 18.8 Å². The standard InChI is InChI=1S/C21H23N5O2S/c1-24-18-7-3-2-6-16(18)20(23-24)21(28)25-9-4-5-15(25)12-26-19(27)11-14-13-29-10-8-17(14)22-26/h2-3,6-7,11,15H,4-5,8-10,12-13H2,1H3. The molecular weight excluding hydrogens is 386 g/mol. The molecule has 1 amide bonds. The van der Waals surface area contributed by atoms with Crippen LogP contribution in [0.25, 0.3) is 10.9 Å². The van der Waals surface area contributed by atoms with E-state index in [1.807, 2.05) is 48.0 Å². The maximum atomic E-state index is 13.3. The summed E-state index contributed by atoms with van der Waals surface area (Å²) in [5.74, 6) is 1.84. The van der Waals surface area contributed by atoms with Crippen LogP contribution in [0.15, 0.2) is 35.1 Å². The van der Waals surface area contributed by atoms with E-state index in [4.69, 9.17) is 0 Å². The number of nitrogens with zero attached hydrogens (tertiary/aromatic N) is 5. The van der Waals surface area contributed by atoms with Crippen LogP contribution < -0.4 is 5.56 Å². The number of aromatic nitrogens is 4. The molecule has 5 rings (SSSR count). The van der Waals surface area contributed by atoms with Crippen molar-refractivity contribution in [3.63, 3.8) is 0 Å². The second kappa shape index (κ2) is 7.33. The van der Waals surface area contributed by atoms with Crippen molar-refractivity contribution in [2.45, 2.75) is 37.6 Å². The van der Waals surface area contributed by atoms with E-state index in [1.165, 1.54) is 0 Å². The molecule has 2 aliphatic heterocycles. The predicted octanol–water partition coefficient (Wildman–Crippen LogP) is 2.22. The van der Waals surface area contributed by atoms with Crippen LogP contribution in [0.1, 0.15) is 34.6 Å². The fourth-order valence-electron chi connectivity index (χ4n) is 4.38. The minimum absolute atomic E-state index is 0.0375. The molecule has 7 nitrogen and oxygen atoms in total. The lowest BCUT2D eigenvalue weighted by Gasteiger charge is -2.25. The number of aryl methyl sites for hydroxylation is 2. The van der Waals surface area contributed by atoms with Crippen LogP contribution in [0.5, 0.6) is 0 Å². The lowest BCUT2D eigenvalue weighted by molar-refractivity contribution is 0.0715. The summed E-state index contributed by atoms with van der Waals surface area (Å²) in [5, 5.41) is 9.99. The molecule has 3 aromatic rings. The van der Waals surface area contributed by atoms with Gasteiger partial charge in [-0.1, -0.05) is 18.2 Å². The van der Waals surface area contributed by atoms with E-state index in [2.05, 4.69) is 10.2 Å². The highest BCUT2D eigenvalue weighted by Crippen LogP contribution is 2.25. The topological polar surface area (TPSA) is 73.0 Å². The quantitative estimate of drug-likeness (QED) is 0.663. The fourth-order valence-corrected chi connectivity index (χ4v) is 5.34. The first-order valence-corrected chi connectivity index (χ1v) is 11.2. The second-order valence-electron chi connectivity index (χ2n) is 7.72. The van der Waals surface area contributed by atoms with E-state index >= 15 is 0 Å². The van der Waals surface area contributed by atoms with Gasteiger partial charge in [-0.05, 0) is 30.2 Å². The van der Waals surface area contributed by atoms with Crippen LogP contribution in [-0.4, -0.2) is 48.7 Å². The number of thioether (sulfide) groups is 1. The number of likely N-dealkylation sites (tertiary alicyclic amines) is 1. The first-order valence-electron chi connectivity index (χ1n) is 10.0. The first kappa shape index (κ1) is 18.4. The Balaban J connectivity index is 1.43. The summed E-state index contributed by atoms with van der Waals surface area (Å²) < 4.78 is 3.31. The van der Waals surface area contributed by atoms with Gasteiger partial charge in [0.1, 0.15) is 0 Å². The van der Waals surface area contributed by atoms with E-state index < -0.39 is 0 Å². The monoisotopic (exact) mass is 409 g/mol. The third kappa shape index (κ3) is 3.25. The molecule has 1 fully saturated rings. The van der Waals surface area contributed by atoms with Gasteiger partial charge in [0.15, 0.2) is 5.69 Å². The summed E-state index contributed by atoms with van der Waals surface area (Å²) in [6.45, 7) is 1.13. The molecule has 2 aliphatic rings. The van der Waals surface area contributed by atoms with Crippen molar-refractivity contribution < 1.29 is 4.79 Å². The number of para-hydroxylation sites is 1. The molecule has 29 heavy (non-hydrogen) atoms. The summed E-state index contributed by atoms with van der Waals surface area (Å²) in [6, 6.07) is 9.47. The third-order valence-corrected chi connectivity index (χ3v) is 6.89. The Morgan fingerprint density at radius 1 is 1.28 bits per heavy atom. The van der Waals surface area contributed by atoms with Gasteiger partial charge in [-0.15, -0.1) is 0 Å². The molecule has 0 aliphatic carbocycles. The Morgan fingerprint density at radius 2 is 2.14 bits per heavy atom. The van der Waals surface area contributed by atoms with Crippen LogP contribution in [0, 0.1) is 0 Å². The van der Waals surface area contributed by atoms with Gasteiger partial charge in [0.25, 0.3) is 11.5 Å². The number of fused-ring (bicyclic) bond motifs is 2. The molecule has 0 radical (unpaired) electrons. The van der Waals surface area contributed by atoms with Gasteiger partial charge in [0, 0.05) is 37.2 Å². The highest BCUT2D eigenvalue weighted by Gasteiger charge is 2.32. The molecule has 0 spiro atoms. The SMILES string of the molecule is Cn1nc(C(=O)N2CCCC2Cn2nc3c(cc2=O)CSCC3)c2ccccc21. The van der Waals surface area contributed by atoms with Crippen molar-refractivity contribution in [1.82, 2.24) is 24.5 Å². The zero-order chi connectivity index (χ0) is 20.0. The Kier molecular flexibility index (Phi) is 4.66. The molecule has 2 aromatic heterocycles. The molecular formula is C21H23N5O2S. The number of carbonyl (C=O) groups is 1. The normalized spacial score (nSPS) is 18.9. The van der Waals surface area contributed by atoms with Gasteiger partial charge in [0.2, 0.25) is 0 Å². The zero-order valence-electron chi connectivity index (χ0n) is 16.4. The molecule has 8 heteroatoms. The summed E-state index contributed by atoms with van der Waals surface area (Å²) in [5.41, 5.74) is 3.43. The summed E-state index contributed by atoms with van der Waals surface area (Å²) >= 11 is 1.84. The van der Waals surface area contributed by atoms with E-state index in [9.17, 15) is 9.59 Å². The van der Waals surface area contributed by atoms with Crippen molar-refractivity contribution in [2.24, 2.45) is 7.05 Å². The maximum absolute atomic E-state index is 13.3. The minimum atomic E-state index is -0.0752. The Bertz CT molecular complexity index is 1150. The Hall–Kier alpha value is -2.61. The van der Waals surface area contributed by atoms with Crippen molar-refractivity contribution >= 4 is 28.6 Å². The molecule has 1 aromatic carbocycles. The first-order chi connectivity index (χ1) is 14.1. The number of carbonyl (C=O) groups excluding carboxylic acids is 1. The van der Waals surface area contributed by atoms with Crippen molar-refractivity contribution in [2.75, 3.05) is 12.3 Å². The van der Waals surface area contributed by atoms with Gasteiger partial charge < -0.3 is 4.90 Å². The van der Waals surface area contributed by atoms with Crippen LogP contribution >= 0.6 is 11.8 Å². The number of hydrogen-bond donors (Lipinski definition) is 0. The van der Waals surface area contributed by atoms with Crippen LogP contribution in [0.2, 0.25) is 0 Å². The third-order valence-electron chi connectivity index (χ3n) is 5.89. The highest BCUT2D eigenvalue weighted by molar-refractivity contribution is 7.98. The van der Waals surface area contributed by atoms with Gasteiger partial charge >= 0.3 is 0 Å². The Morgan fingerprint density at radius 3 is 3.03 bits per heavy atom. The summed E-state index contributed by atoms with van der Waals surface area (Å²) in [4.78, 5) is 27.8. The number of rotatable bonds is 3. The highest BCUT2D eigenvalue weighted by atomic mass is 32.2. The lowest BCUT2D eigenvalue weighted by Crippen LogP contribution is -2.41. The van der Waals surface area contributed by atoms with Gasteiger partial charge in [-0.25, -0.2) is 4.68 Å². The van der Waals surface area contributed by atoms with Crippen LogP contribution in [-0.2, 0) is 25.8 Å². The van der Waals surface area contributed by atoms with E-state index in [0.717, 1.165) is 52.9 Å². The van der Waals surface area contributed by atoms with Crippen LogP contribution in [0.4, 0.5) is 0 Å². The molecule has 0 saturated carbocycles. The molecule has 4 heterocycles.